The van der Waals surface area contributed by atoms with Gasteiger partial charge in [-0.05, 0) is 22.4 Å². The molecule has 0 aliphatic carbocycles. The minimum absolute atomic E-state index is 0.131. The summed E-state index contributed by atoms with van der Waals surface area (Å²) in [6.07, 6.45) is 0. The molecule has 0 atom stereocenters. The zero-order valence-corrected chi connectivity index (χ0v) is 9.31. The number of benzene rings is 1. The van der Waals surface area contributed by atoms with Gasteiger partial charge in [0.1, 0.15) is 11.6 Å². The van der Waals surface area contributed by atoms with Gasteiger partial charge in [-0.25, -0.2) is 9.02 Å². The highest BCUT2D eigenvalue weighted by Crippen LogP contribution is 2.25. The van der Waals surface area contributed by atoms with Gasteiger partial charge in [0.05, 0.1) is 12.8 Å². The Morgan fingerprint density at radius 3 is 2.89 bits per heavy atom. The number of hydrogen-bond donors (Lipinski definition) is 2. The number of amides is 1. The molecule has 0 bridgehead atoms. The number of anilines is 2. The number of rotatable bonds is 3. The quantitative estimate of drug-likeness (QED) is 0.846. The highest BCUT2D eigenvalue weighted by molar-refractivity contribution is 6.06. The summed E-state index contributed by atoms with van der Waals surface area (Å²) in [6.45, 7) is 0. The zero-order chi connectivity index (χ0) is 13.1. The summed E-state index contributed by atoms with van der Waals surface area (Å²) in [5.74, 6) is -1.06. The molecule has 1 heterocycles. The van der Waals surface area contributed by atoms with Crippen molar-refractivity contribution in [1.29, 1.82) is 0 Å². The molecule has 0 spiro atoms. The first-order valence-corrected chi connectivity index (χ1v) is 4.84. The van der Waals surface area contributed by atoms with Gasteiger partial charge >= 0.3 is 0 Å². The van der Waals surface area contributed by atoms with Crippen LogP contribution in [0.4, 0.5) is 15.9 Å². The molecule has 0 unspecified atom stereocenters. The third-order valence-electron chi connectivity index (χ3n) is 2.14. The van der Waals surface area contributed by atoms with Crippen molar-refractivity contribution in [2.75, 3.05) is 18.2 Å². The second-order valence-corrected chi connectivity index (χ2v) is 3.30. The Hall–Kier alpha value is -2.64. The SMILES string of the molecule is COc1cc(F)ccc1NC(=O)c1nonc1N. The fourth-order valence-corrected chi connectivity index (χ4v) is 1.30. The van der Waals surface area contributed by atoms with Gasteiger partial charge in [-0.15, -0.1) is 0 Å². The molecule has 0 aliphatic rings. The number of carbonyl (C=O) groups is 1. The monoisotopic (exact) mass is 252 g/mol. The van der Waals surface area contributed by atoms with Crippen LogP contribution in [0.1, 0.15) is 10.5 Å². The molecule has 0 aliphatic heterocycles. The molecule has 2 rings (SSSR count). The summed E-state index contributed by atoms with van der Waals surface area (Å²) in [7, 11) is 1.36. The molecule has 2 aromatic rings. The first kappa shape index (κ1) is 11.8. The van der Waals surface area contributed by atoms with Gasteiger partial charge in [0.15, 0.2) is 0 Å². The molecule has 0 saturated carbocycles. The molecule has 3 N–H and O–H groups in total. The van der Waals surface area contributed by atoms with Crippen molar-refractivity contribution in [1.82, 2.24) is 10.3 Å². The smallest absolute Gasteiger partial charge is 0.281 e. The number of hydrogen-bond acceptors (Lipinski definition) is 6. The molecule has 0 saturated heterocycles. The predicted octanol–water partition coefficient (Wildman–Crippen LogP) is 1.05. The van der Waals surface area contributed by atoms with E-state index in [2.05, 4.69) is 20.3 Å². The fourth-order valence-electron chi connectivity index (χ4n) is 1.30. The minimum atomic E-state index is -0.626. The molecule has 7 nitrogen and oxygen atoms in total. The molecular formula is C10H9FN4O3. The van der Waals surface area contributed by atoms with Crippen molar-refractivity contribution in [3.8, 4) is 5.75 Å². The Kier molecular flexibility index (Phi) is 3.09. The number of nitrogens with zero attached hydrogens (tertiary/aromatic N) is 2. The average molecular weight is 252 g/mol. The predicted molar refractivity (Wildman–Crippen MR) is 59.6 cm³/mol. The van der Waals surface area contributed by atoms with Gasteiger partial charge in [0.25, 0.3) is 5.91 Å². The number of aromatic nitrogens is 2. The first-order chi connectivity index (χ1) is 8.61. The van der Waals surface area contributed by atoms with Crippen molar-refractivity contribution in [3.63, 3.8) is 0 Å². The number of ether oxygens (including phenoxy) is 1. The maximum Gasteiger partial charge on any atom is 0.281 e. The molecule has 1 amide bonds. The summed E-state index contributed by atoms with van der Waals surface area (Å²) in [4.78, 5) is 11.7. The maximum absolute atomic E-state index is 13.0. The van der Waals surface area contributed by atoms with Crippen LogP contribution in [0, 0.1) is 5.82 Å². The van der Waals surface area contributed by atoms with E-state index in [1.54, 1.807) is 0 Å². The normalized spacial score (nSPS) is 10.1. The second-order valence-electron chi connectivity index (χ2n) is 3.30. The van der Waals surface area contributed by atoms with E-state index in [-0.39, 0.29) is 22.9 Å². The number of halogens is 1. The van der Waals surface area contributed by atoms with Crippen molar-refractivity contribution in [2.24, 2.45) is 0 Å². The number of nitrogens with two attached hydrogens (primary N) is 1. The van der Waals surface area contributed by atoms with Gasteiger partial charge in [0.2, 0.25) is 11.5 Å². The van der Waals surface area contributed by atoms with Crippen LogP contribution in [-0.4, -0.2) is 23.3 Å². The van der Waals surface area contributed by atoms with E-state index in [1.165, 1.54) is 19.2 Å². The summed E-state index contributed by atoms with van der Waals surface area (Å²) in [6, 6.07) is 3.68. The summed E-state index contributed by atoms with van der Waals surface area (Å²) >= 11 is 0. The maximum atomic E-state index is 13.0. The molecule has 0 fully saturated rings. The fraction of sp³-hybridized carbons (Fsp3) is 0.100. The molecule has 94 valence electrons. The molecule has 18 heavy (non-hydrogen) atoms. The summed E-state index contributed by atoms with van der Waals surface area (Å²) in [5.41, 5.74) is 5.50. The van der Waals surface area contributed by atoms with Crippen LogP contribution in [-0.2, 0) is 0 Å². The highest BCUT2D eigenvalue weighted by Gasteiger charge is 2.17. The van der Waals surface area contributed by atoms with Crippen LogP contribution >= 0.6 is 0 Å². The summed E-state index contributed by atoms with van der Waals surface area (Å²) < 4.78 is 22.2. The molecular weight excluding hydrogens is 243 g/mol. The molecule has 0 radical (unpaired) electrons. The Morgan fingerprint density at radius 2 is 2.28 bits per heavy atom. The van der Waals surface area contributed by atoms with Crippen LogP contribution in [0.3, 0.4) is 0 Å². The largest absolute Gasteiger partial charge is 0.494 e. The third kappa shape index (κ3) is 2.21. The lowest BCUT2D eigenvalue weighted by Crippen LogP contribution is -2.14. The van der Waals surface area contributed by atoms with Crippen LogP contribution in [0.15, 0.2) is 22.8 Å². The van der Waals surface area contributed by atoms with E-state index in [0.717, 1.165) is 6.07 Å². The van der Waals surface area contributed by atoms with Crippen LogP contribution in [0.2, 0.25) is 0 Å². The van der Waals surface area contributed by atoms with Crippen molar-refractivity contribution < 1.29 is 18.6 Å². The minimum Gasteiger partial charge on any atom is -0.494 e. The van der Waals surface area contributed by atoms with Crippen LogP contribution < -0.4 is 15.8 Å². The highest BCUT2D eigenvalue weighted by atomic mass is 19.1. The zero-order valence-electron chi connectivity index (χ0n) is 9.31. The van der Waals surface area contributed by atoms with E-state index in [4.69, 9.17) is 10.5 Å². The van der Waals surface area contributed by atoms with Gasteiger partial charge in [0, 0.05) is 6.07 Å². The Labute approximate surface area is 101 Å². The number of nitrogen functional groups attached to an aromatic ring is 1. The molecule has 8 heteroatoms. The van der Waals surface area contributed by atoms with Crippen molar-refractivity contribution >= 4 is 17.4 Å². The number of methoxy groups -OCH3 is 1. The Bertz CT molecular complexity index is 584. The standard InChI is InChI=1S/C10H9FN4O3/c1-17-7-4-5(11)2-3-6(7)13-10(16)8-9(12)15-18-14-8/h2-4H,1H3,(H2,12,15)(H,13,16). The second kappa shape index (κ2) is 4.70. The van der Waals surface area contributed by atoms with Crippen molar-refractivity contribution in [3.05, 3.63) is 29.7 Å². The van der Waals surface area contributed by atoms with Crippen molar-refractivity contribution in [2.45, 2.75) is 0 Å². The van der Waals surface area contributed by atoms with E-state index < -0.39 is 11.7 Å². The summed E-state index contributed by atoms with van der Waals surface area (Å²) in [5, 5.41) is 9.08. The average Bonchev–Trinajstić information content (AvgIpc) is 2.77. The van der Waals surface area contributed by atoms with Crippen LogP contribution in [0.25, 0.3) is 0 Å². The third-order valence-corrected chi connectivity index (χ3v) is 2.14. The lowest BCUT2D eigenvalue weighted by molar-refractivity contribution is 0.101. The number of carbonyl (C=O) groups excluding carboxylic acids is 1. The number of nitrogens with one attached hydrogen (secondary N) is 1. The van der Waals surface area contributed by atoms with Crippen LogP contribution in [0.5, 0.6) is 5.75 Å². The topological polar surface area (TPSA) is 103 Å². The molecule has 1 aromatic carbocycles. The van der Waals surface area contributed by atoms with E-state index in [0.29, 0.717) is 0 Å². The van der Waals surface area contributed by atoms with Gasteiger partial charge < -0.3 is 15.8 Å². The van der Waals surface area contributed by atoms with Gasteiger partial charge in [-0.3, -0.25) is 4.79 Å². The van der Waals surface area contributed by atoms with E-state index in [1.807, 2.05) is 0 Å². The first-order valence-electron chi connectivity index (χ1n) is 4.84. The molecule has 1 aromatic heterocycles. The van der Waals surface area contributed by atoms with E-state index in [9.17, 15) is 9.18 Å². The van der Waals surface area contributed by atoms with Gasteiger partial charge in [-0.1, -0.05) is 0 Å². The lowest BCUT2D eigenvalue weighted by atomic mass is 10.2. The van der Waals surface area contributed by atoms with Gasteiger partial charge in [-0.2, -0.15) is 0 Å². The lowest BCUT2D eigenvalue weighted by Gasteiger charge is -2.08. The Balaban J connectivity index is 2.24. The Morgan fingerprint density at radius 1 is 1.50 bits per heavy atom. The van der Waals surface area contributed by atoms with E-state index >= 15 is 0 Å².